The Labute approximate surface area is 118 Å². The van der Waals surface area contributed by atoms with Crippen molar-refractivity contribution in [2.45, 2.75) is 6.92 Å². The van der Waals surface area contributed by atoms with Crippen LogP contribution in [-0.4, -0.2) is 41.1 Å². The number of hydrogen-bond donors (Lipinski definition) is 1. The van der Waals surface area contributed by atoms with Crippen LogP contribution in [0.1, 0.15) is 5.56 Å². The molecule has 0 heterocycles. The summed E-state index contributed by atoms with van der Waals surface area (Å²) in [7, 11) is -1.86. The fourth-order valence-electron chi connectivity index (χ4n) is 1.37. The van der Waals surface area contributed by atoms with E-state index in [-0.39, 0.29) is 12.4 Å². The Balaban J connectivity index is 2.50. The van der Waals surface area contributed by atoms with Crippen LogP contribution in [0, 0.1) is 6.92 Å². The molecule has 1 aromatic rings. The van der Waals surface area contributed by atoms with Gasteiger partial charge in [-0.2, -0.15) is 0 Å². The maximum absolute atomic E-state index is 11.8. The van der Waals surface area contributed by atoms with Crippen molar-refractivity contribution in [1.82, 2.24) is 0 Å². The Bertz CT molecular complexity index is 504. The highest BCUT2D eigenvalue weighted by Crippen LogP contribution is 2.20. The van der Waals surface area contributed by atoms with Crippen LogP contribution in [-0.2, 0) is 19.5 Å². The van der Waals surface area contributed by atoms with Gasteiger partial charge in [-0.3, -0.25) is 4.72 Å². The Morgan fingerprint density at radius 1 is 1.26 bits per heavy atom. The minimum absolute atomic E-state index is 0.0984. The lowest BCUT2D eigenvalue weighted by atomic mass is 10.2. The number of sulfonamides is 1. The molecule has 0 fully saturated rings. The summed E-state index contributed by atoms with van der Waals surface area (Å²) in [5.74, 6) is -0.0984. The maximum atomic E-state index is 11.8. The third kappa shape index (κ3) is 6.24. The normalized spacial score (nSPS) is 11.5. The molecular formula is C12H18ClNO4S. The lowest BCUT2D eigenvalue weighted by molar-refractivity contribution is 0.0785. The summed E-state index contributed by atoms with van der Waals surface area (Å²) in [6.45, 7) is 2.75. The minimum atomic E-state index is -3.42. The molecule has 0 saturated carbocycles. The molecule has 0 unspecified atom stereocenters. The number of ether oxygens (including phenoxy) is 2. The van der Waals surface area contributed by atoms with E-state index in [2.05, 4.69) is 4.72 Å². The molecule has 0 amide bonds. The van der Waals surface area contributed by atoms with Gasteiger partial charge >= 0.3 is 0 Å². The number of anilines is 1. The van der Waals surface area contributed by atoms with Crippen LogP contribution in [0.3, 0.4) is 0 Å². The van der Waals surface area contributed by atoms with E-state index < -0.39 is 10.0 Å². The van der Waals surface area contributed by atoms with E-state index in [1.807, 2.05) is 0 Å². The van der Waals surface area contributed by atoms with E-state index >= 15 is 0 Å². The van der Waals surface area contributed by atoms with Crippen molar-refractivity contribution >= 4 is 27.3 Å². The second kappa shape index (κ2) is 7.69. The molecular weight excluding hydrogens is 290 g/mol. The Morgan fingerprint density at radius 2 is 2.00 bits per heavy atom. The molecule has 5 nitrogen and oxygen atoms in total. The second-order valence-electron chi connectivity index (χ2n) is 3.99. The predicted octanol–water partition coefficient (Wildman–Crippen LogP) is 2.05. The Hall–Kier alpha value is -0.820. The van der Waals surface area contributed by atoms with Gasteiger partial charge in [0, 0.05) is 12.1 Å². The van der Waals surface area contributed by atoms with Crippen LogP contribution in [0.25, 0.3) is 0 Å². The molecule has 0 saturated heterocycles. The number of rotatable bonds is 8. The van der Waals surface area contributed by atoms with Gasteiger partial charge in [-0.1, -0.05) is 11.6 Å². The van der Waals surface area contributed by atoms with E-state index in [0.29, 0.717) is 23.9 Å². The van der Waals surface area contributed by atoms with Crippen LogP contribution in [0.4, 0.5) is 5.69 Å². The zero-order chi connectivity index (χ0) is 14.3. The molecule has 0 radical (unpaired) electrons. The van der Waals surface area contributed by atoms with Gasteiger partial charge in [0.05, 0.1) is 31.3 Å². The van der Waals surface area contributed by atoms with E-state index in [1.165, 1.54) is 0 Å². The zero-order valence-corrected chi connectivity index (χ0v) is 12.6. The summed E-state index contributed by atoms with van der Waals surface area (Å²) in [4.78, 5) is 0. The topological polar surface area (TPSA) is 64.6 Å². The Kier molecular flexibility index (Phi) is 6.57. The first-order valence-electron chi connectivity index (χ1n) is 5.78. The van der Waals surface area contributed by atoms with Crippen LogP contribution >= 0.6 is 11.6 Å². The Morgan fingerprint density at radius 3 is 2.63 bits per heavy atom. The van der Waals surface area contributed by atoms with Crippen LogP contribution in [0.2, 0.25) is 5.02 Å². The monoisotopic (exact) mass is 307 g/mol. The van der Waals surface area contributed by atoms with Crippen molar-refractivity contribution < 1.29 is 17.9 Å². The van der Waals surface area contributed by atoms with Crippen LogP contribution in [0.15, 0.2) is 18.2 Å². The molecule has 7 heteroatoms. The third-order valence-corrected chi connectivity index (χ3v) is 3.85. The predicted molar refractivity (Wildman–Crippen MR) is 76.3 cm³/mol. The first-order chi connectivity index (χ1) is 8.94. The molecule has 0 atom stereocenters. The average Bonchev–Trinajstić information content (AvgIpc) is 2.32. The number of nitrogens with one attached hydrogen (secondary N) is 1. The van der Waals surface area contributed by atoms with Gasteiger partial charge in [0.25, 0.3) is 0 Å². The molecule has 0 spiro atoms. The third-order valence-electron chi connectivity index (χ3n) is 2.38. The van der Waals surface area contributed by atoms with Gasteiger partial charge in [-0.05, 0) is 30.7 Å². The van der Waals surface area contributed by atoms with Crippen molar-refractivity contribution in [1.29, 1.82) is 0 Å². The molecule has 0 aliphatic heterocycles. The fraction of sp³-hybridized carbons (Fsp3) is 0.500. The molecule has 0 aliphatic rings. The molecule has 0 bridgehead atoms. The highest BCUT2D eigenvalue weighted by molar-refractivity contribution is 7.92. The summed E-state index contributed by atoms with van der Waals surface area (Å²) in [6.07, 6.45) is 0. The second-order valence-corrected chi connectivity index (χ2v) is 6.26. The van der Waals surface area contributed by atoms with Gasteiger partial charge in [0.2, 0.25) is 10.0 Å². The molecule has 1 N–H and O–H groups in total. The average molecular weight is 308 g/mol. The molecule has 1 rings (SSSR count). The summed E-state index contributed by atoms with van der Waals surface area (Å²) in [5.41, 5.74) is 1.30. The summed E-state index contributed by atoms with van der Waals surface area (Å²) in [6, 6.07) is 4.98. The van der Waals surface area contributed by atoms with E-state index in [1.54, 1.807) is 32.2 Å². The smallest absolute Gasteiger partial charge is 0.235 e. The SMILES string of the molecule is COCCOCCS(=O)(=O)Nc1ccc(Cl)cc1C. The van der Waals surface area contributed by atoms with Gasteiger partial charge in [-0.15, -0.1) is 0 Å². The minimum Gasteiger partial charge on any atom is -0.382 e. The fourth-order valence-corrected chi connectivity index (χ4v) is 2.60. The number of methoxy groups -OCH3 is 1. The van der Waals surface area contributed by atoms with Crippen LogP contribution in [0.5, 0.6) is 0 Å². The number of benzene rings is 1. The summed E-state index contributed by atoms with van der Waals surface area (Å²) < 4.78 is 36.1. The summed E-state index contributed by atoms with van der Waals surface area (Å²) >= 11 is 5.81. The van der Waals surface area contributed by atoms with Crippen molar-refractivity contribution in [2.24, 2.45) is 0 Å². The molecule has 0 aromatic heterocycles. The first-order valence-corrected chi connectivity index (χ1v) is 7.81. The van der Waals surface area contributed by atoms with Gasteiger partial charge in [-0.25, -0.2) is 8.42 Å². The van der Waals surface area contributed by atoms with Crippen molar-refractivity contribution in [3.05, 3.63) is 28.8 Å². The lowest BCUT2D eigenvalue weighted by Gasteiger charge is -2.11. The zero-order valence-electron chi connectivity index (χ0n) is 11.0. The van der Waals surface area contributed by atoms with Crippen molar-refractivity contribution in [3.8, 4) is 0 Å². The molecule has 19 heavy (non-hydrogen) atoms. The first kappa shape index (κ1) is 16.2. The van der Waals surface area contributed by atoms with E-state index in [0.717, 1.165) is 5.56 Å². The van der Waals surface area contributed by atoms with Crippen molar-refractivity contribution in [2.75, 3.05) is 37.4 Å². The summed E-state index contributed by atoms with van der Waals surface area (Å²) in [5, 5.41) is 0.573. The van der Waals surface area contributed by atoms with Gasteiger partial charge in [0.1, 0.15) is 0 Å². The molecule has 1 aromatic carbocycles. The van der Waals surface area contributed by atoms with E-state index in [9.17, 15) is 8.42 Å². The molecule has 0 aliphatic carbocycles. The highest BCUT2D eigenvalue weighted by atomic mass is 35.5. The van der Waals surface area contributed by atoms with Gasteiger partial charge in [0.15, 0.2) is 0 Å². The van der Waals surface area contributed by atoms with Crippen LogP contribution < -0.4 is 4.72 Å². The van der Waals surface area contributed by atoms with E-state index in [4.69, 9.17) is 21.1 Å². The largest absolute Gasteiger partial charge is 0.382 e. The molecule has 108 valence electrons. The quantitative estimate of drug-likeness (QED) is 0.747. The maximum Gasteiger partial charge on any atom is 0.235 e. The highest BCUT2D eigenvalue weighted by Gasteiger charge is 2.11. The number of halogens is 1. The number of hydrogen-bond acceptors (Lipinski definition) is 4. The lowest BCUT2D eigenvalue weighted by Crippen LogP contribution is -2.21. The standard InChI is InChI=1S/C12H18ClNO4S/c1-10-9-11(13)3-4-12(10)14-19(15,16)8-7-18-6-5-17-2/h3-4,9,14H,5-8H2,1-2H3. The van der Waals surface area contributed by atoms with Crippen molar-refractivity contribution in [3.63, 3.8) is 0 Å². The number of aryl methyl sites for hydroxylation is 1. The van der Waals surface area contributed by atoms with Gasteiger partial charge < -0.3 is 9.47 Å².